The molecule has 3 fully saturated rings. The second-order valence-corrected chi connectivity index (χ2v) is 13.6. The fourth-order valence-corrected chi connectivity index (χ4v) is 5.83. The van der Waals surface area contributed by atoms with Crippen LogP contribution in [0.4, 0.5) is 0 Å². The van der Waals surface area contributed by atoms with Crippen molar-refractivity contribution in [3.63, 3.8) is 0 Å². The van der Waals surface area contributed by atoms with Gasteiger partial charge in [-0.2, -0.15) is 0 Å². The lowest BCUT2D eigenvalue weighted by molar-refractivity contribution is -0.276. The largest absolute Gasteiger partial charge is 0.404 e. The van der Waals surface area contributed by atoms with Crippen LogP contribution in [0.1, 0.15) is 46.5 Å². The lowest BCUT2D eigenvalue weighted by atomic mass is 9.76. The maximum atomic E-state index is 7.10. The summed E-state index contributed by atoms with van der Waals surface area (Å²) in [6.07, 6.45) is 5.89. The molecule has 2 saturated heterocycles. The lowest BCUT2D eigenvalue weighted by Gasteiger charge is -2.54. The molecule has 2 aliphatic heterocycles. The number of hydrogen-bond donors (Lipinski definition) is 1. The Balaban J connectivity index is 2.01. The Morgan fingerprint density at radius 2 is 1.96 bits per heavy atom. The van der Waals surface area contributed by atoms with Crippen LogP contribution in [-0.4, -0.2) is 45.0 Å². The molecule has 0 aromatic heterocycles. The zero-order valence-electron chi connectivity index (χ0n) is 15.4. The van der Waals surface area contributed by atoms with Crippen molar-refractivity contribution in [2.75, 3.05) is 13.2 Å². The Kier molecular flexibility index (Phi) is 4.34. The van der Waals surface area contributed by atoms with Crippen molar-refractivity contribution in [2.24, 2.45) is 0 Å². The monoisotopic (exact) mass is 339 g/mol. The predicted octanol–water partition coefficient (Wildman–Crippen LogP) is 3.59. The van der Waals surface area contributed by atoms with E-state index in [0.29, 0.717) is 19.3 Å². The highest BCUT2D eigenvalue weighted by molar-refractivity contribution is 6.74. The topological polar surface area (TPSA) is 39.7 Å². The van der Waals surface area contributed by atoms with Gasteiger partial charge in [0.2, 0.25) is 0 Å². The first-order chi connectivity index (χ1) is 10.7. The quantitative estimate of drug-likeness (QED) is 0.628. The second-order valence-electron chi connectivity index (χ2n) is 8.89. The number of nitrogens with one attached hydrogen (secondary N) is 1. The van der Waals surface area contributed by atoms with Crippen LogP contribution >= 0.6 is 0 Å². The highest BCUT2D eigenvalue weighted by Gasteiger charge is 2.68. The van der Waals surface area contributed by atoms with E-state index in [1.165, 1.54) is 0 Å². The van der Waals surface area contributed by atoms with E-state index in [4.69, 9.17) is 13.9 Å². The smallest absolute Gasteiger partial charge is 0.198 e. The van der Waals surface area contributed by atoms with E-state index in [2.05, 4.69) is 45.8 Å². The molecule has 0 aromatic rings. The number of ether oxygens (including phenoxy) is 2. The molecule has 5 heteroatoms. The molecule has 1 N–H and O–H groups in total. The average molecular weight is 340 g/mol. The standard InChI is InChI=1S/C18H33NO3Si/c1-7-8-15-17(22-23(5,6)16(2,3)4)13-14(19-15)9-10-18(17)20-11-12-21-18/h7,14-15,19H,1,8-13H2,2-6H3. The van der Waals surface area contributed by atoms with Gasteiger partial charge < -0.3 is 19.2 Å². The van der Waals surface area contributed by atoms with Crippen LogP contribution in [0.15, 0.2) is 12.7 Å². The Labute approximate surface area is 142 Å². The van der Waals surface area contributed by atoms with Crippen LogP contribution in [0, 0.1) is 0 Å². The minimum Gasteiger partial charge on any atom is -0.404 e. The molecule has 3 atom stereocenters. The van der Waals surface area contributed by atoms with Gasteiger partial charge in [0.15, 0.2) is 14.1 Å². The minimum atomic E-state index is -1.96. The van der Waals surface area contributed by atoms with Gasteiger partial charge in [0.05, 0.1) is 13.2 Å². The van der Waals surface area contributed by atoms with Gasteiger partial charge in [0.25, 0.3) is 0 Å². The zero-order chi connectivity index (χ0) is 16.9. The van der Waals surface area contributed by atoms with Gasteiger partial charge in [-0.3, -0.25) is 0 Å². The Morgan fingerprint density at radius 3 is 2.52 bits per heavy atom. The molecule has 1 aliphatic carbocycles. The van der Waals surface area contributed by atoms with Gasteiger partial charge in [-0.05, 0) is 37.4 Å². The predicted molar refractivity (Wildman–Crippen MR) is 95.0 cm³/mol. The van der Waals surface area contributed by atoms with Crippen molar-refractivity contribution in [2.45, 2.75) is 88.1 Å². The summed E-state index contributed by atoms with van der Waals surface area (Å²) in [5.74, 6) is -0.573. The molecule has 3 unspecified atom stereocenters. The van der Waals surface area contributed by atoms with Crippen LogP contribution in [0.3, 0.4) is 0 Å². The fourth-order valence-electron chi connectivity index (χ4n) is 4.24. The number of rotatable bonds is 4. The molecule has 1 spiro atoms. The van der Waals surface area contributed by atoms with Gasteiger partial charge in [-0.25, -0.2) is 0 Å². The van der Waals surface area contributed by atoms with Gasteiger partial charge in [-0.1, -0.05) is 26.8 Å². The first-order valence-corrected chi connectivity index (χ1v) is 11.9. The first kappa shape index (κ1) is 17.6. The van der Waals surface area contributed by atoms with Crippen molar-refractivity contribution >= 4 is 8.32 Å². The van der Waals surface area contributed by atoms with Crippen molar-refractivity contribution in [3.8, 4) is 0 Å². The van der Waals surface area contributed by atoms with Crippen LogP contribution in [0.25, 0.3) is 0 Å². The molecular formula is C18H33NO3Si. The highest BCUT2D eigenvalue weighted by Crippen LogP contribution is 2.55. The molecule has 3 rings (SSSR count). The van der Waals surface area contributed by atoms with Gasteiger partial charge >= 0.3 is 0 Å². The summed E-state index contributed by atoms with van der Waals surface area (Å²) in [6, 6.07) is 0.725. The van der Waals surface area contributed by atoms with E-state index in [1.54, 1.807) is 0 Å². The molecule has 1 saturated carbocycles. The molecule has 2 bridgehead atoms. The third kappa shape index (κ3) is 2.65. The summed E-state index contributed by atoms with van der Waals surface area (Å²) in [6.45, 7) is 16.9. The van der Waals surface area contributed by atoms with Gasteiger partial charge in [-0.15, -0.1) is 6.58 Å². The molecular weight excluding hydrogens is 306 g/mol. The van der Waals surface area contributed by atoms with Crippen molar-refractivity contribution in [1.29, 1.82) is 0 Å². The third-order valence-corrected chi connectivity index (χ3v) is 10.9. The van der Waals surface area contributed by atoms with E-state index < -0.39 is 14.1 Å². The zero-order valence-corrected chi connectivity index (χ0v) is 16.4. The van der Waals surface area contributed by atoms with Crippen LogP contribution < -0.4 is 5.32 Å². The van der Waals surface area contributed by atoms with E-state index in [9.17, 15) is 0 Å². The maximum Gasteiger partial charge on any atom is 0.198 e. The van der Waals surface area contributed by atoms with Crippen LogP contribution in [-0.2, 0) is 13.9 Å². The van der Waals surface area contributed by atoms with E-state index in [0.717, 1.165) is 25.7 Å². The number of hydrogen-bond acceptors (Lipinski definition) is 4. The molecule has 132 valence electrons. The Hall–Kier alpha value is -0.203. The minimum absolute atomic E-state index is 0.163. The Bertz CT molecular complexity index is 467. The molecule has 2 heterocycles. The molecule has 0 radical (unpaired) electrons. The van der Waals surface area contributed by atoms with Gasteiger partial charge in [0.1, 0.15) is 5.60 Å². The Morgan fingerprint density at radius 1 is 1.30 bits per heavy atom. The van der Waals surface area contributed by atoms with Crippen molar-refractivity contribution in [3.05, 3.63) is 12.7 Å². The first-order valence-electron chi connectivity index (χ1n) is 9.01. The average Bonchev–Trinajstić information content (AvgIpc) is 3.00. The van der Waals surface area contributed by atoms with Crippen LogP contribution in [0.2, 0.25) is 18.1 Å². The van der Waals surface area contributed by atoms with E-state index in [-0.39, 0.29) is 16.7 Å². The van der Waals surface area contributed by atoms with Gasteiger partial charge in [0, 0.05) is 18.5 Å². The van der Waals surface area contributed by atoms with Crippen molar-refractivity contribution < 1.29 is 13.9 Å². The third-order valence-electron chi connectivity index (χ3n) is 6.42. The molecule has 3 aliphatic rings. The summed E-state index contributed by atoms with van der Waals surface area (Å²) >= 11 is 0. The summed E-state index contributed by atoms with van der Waals surface area (Å²) in [5, 5.41) is 3.95. The lowest BCUT2D eigenvalue weighted by Crippen LogP contribution is -2.67. The maximum absolute atomic E-state index is 7.10. The molecule has 0 aromatic carbocycles. The summed E-state index contributed by atoms with van der Waals surface area (Å²) in [4.78, 5) is 0. The fraction of sp³-hybridized carbons (Fsp3) is 0.889. The summed E-state index contributed by atoms with van der Waals surface area (Å²) in [7, 11) is -1.96. The van der Waals surface area contributed by atoms with Crippen LogP contribution in [0.5, 0.6) is 0 Å². The molecule has 0 amide bonds. The summed E-state index contributed by atoms with van der Waals surface area (Å²) < 4.78 is 19.6. The second kappa shape index (κ2) is 5.66. The normalized spacial score (nSPS) is 36.6. The van der Waals surface area contributed by atoms with E-state index in [1.807, 2.05) is 6.08 Å². The van der Waals surface area contributed by atoms with E-state index >= 15 is 0 Å². The molecule has 23 heavy (non-hydrogen) atoms. The molecule has 4 nitrogen and oxygen atoms in total. The number of fused-ring (bicyclic) bond motifs is 3. The van der Waals surface area contributed by atoms with Crippen molar-refractivity contribution in [1.82, 2.24) is 5.32 Å². The SMILES string of the molecule is C=CCC1NC2CCC3(OCCO3)C1(O[Si](C)(C)C(C)(C)C)C2. The summed E-state index contributed by atoms with van der Waals surface area (Å²) in [5.41, 5.74) is -0.385. The highest BCUT2D eigenvalue weighted by atomic mass is 28.4.